The zero-order chi connectivity index (χ0) is 15.4. The Morgan fingerprint density at radius 2 is 2.19 bits per heavy atom. The SMILES string of the molecule is COc1cc(CS(=O)c2ccncc2N)cc([N+](=O)[O-])c1. The normalized spacial score (nSPS) is 11.9. The summed E-state index contributed by atoms with van der Waals surface area (Å²) < 4.78 is 17.3. The van der Waals surface area contributed by atoms with Crippen molar-refractivity contribution in [1.29, 1.82) is 0 Å². The highest BCUT2D eigenvalue weighted by Crippen LogP contribution is 2.25. The lowest BCUT2D eigenvalue weighted by molar-refractivity contribution is -0.385. The molecule has 0 bridgehead atoms. The molecule has 1 atom stereocenters. The van der Waals surface area contributed by atoms with Crippen LogP contribution in [0.1, 0.15) is 5.56 Å². The van der Waals surface area contributed by atoms with E-state index in [9.17, 15) is 14.3 Å². The maximum Gasteiger partial charge on any atom is 0.273 e. The fraction of sp³-hybridized carbons (Fsp3) is 0.154. The number of nitrogen functional groups attached to an aromatic ring is 1. The van der Waals surface area contributed by atoms with Crippen molar-refractivity contribution in [2.24, 2.45) is 0 Å². The molecule has 0 amide bonds. The summed E-state index contributed by atoms with van der Waals surface area (Å²) in [4.78, 5) is 14.6. The van der Waals surface area contributed by atoms with Crippen molar-refractivity contribution in [2.45, 2.75) is 10.6 Å². The van der Waals surface area contributed by atoms with Gasteiger partial charge in [0.2, 0.25) is 0 Å². The largest absolute Gasteiger partial charge is 0.496 e. The van der Waals surface area contributed by atoms with Crippen LogP contribution in [0.5, 0.6) is 5.75 Å². The number of methoxy groups -OCH3 is 1. The second-order valence-electron chi connectivity index (χ2n) is 4.20. The third-order valence-corrected chi connectivity index (χ3v) is 4.21. The molecule has 2 rings (SSSR count). The van der Waals surface area contributed by atoms with E-state index in [1.54, 1.807) is 12.1 Å². The molecule has 110 valence electrons. The summed E-state index contributed by atoms with van der Waals surface area (Å²) in [5.41, 5.74) is 6.48. The van der Waals surface area contributed by atoms with E-state index in [4.69, 9.17) is 10.5 Å². The molecule has 0 aliphatic rings. The van der Waals surface area contributed by atoms with E-state index >= 15 is 0 Å². The number of non-ortho nitro benzene ring substituents is 1. The van der Waals surface area contributed by atoms with Gasteiger partial charge in [0.25, 0.3) is 5.69 Å². The first-order chi connectivity index (χ1) is 10.0. The van der Waals surface area contributed by atoms with E-state index < -0.39 is 15.7 Å². The summed E-state index contributed by atoms with van der Waals surface area (Å²) in [6.07, 6.45) is 2.92. The molecule has 0 fully saturated rings. The summed E-state index contributed by atoms with van der Waals surface area (Å²) in [7, 11) is -0.00355. The number of pyridine rings is 1. The molecule has 0 radical (unpaired) electrons. The highest BCUT2D eigenvalue weighted by molar-refractivity contribution is 7.84. The first kappa shape index (κ1) is 14.9. The lowest BCUT2D eigenvalue weighted by Crippen LogP contribution is -2.02. The van der Waals surface area contributed by atoms with Gasteiger partial charge < -0.3 is 10.5 Å². The van der Waals surface area contributed by atoms with Crippen LogP contribution in [0.3, 0.4) is 0 Å². The number of benzene rings is 1. The molecule has 1 heterocycles. The number of rotatable bonds is 5. The van der Waals surface area contributed by atoms with Gasteiger partial charge in [0.15, 0.2) is 0 Å². The van der Waals surface area contributed by atoms with Crippen molar-refractivity contribution in [1.82, 2.24) is 4.98 Å². The Labute approximate surface area is 123 Å². The minimum atomic E-state index is -1.42. The summed E-state index contributed by atoms with van der Waals surface area (Å²) in [5.74, 6) is 0.450. The van der Waals surface area contributed by atoms with Gasteiger partial charge in [-0.3, -0.25) is 19.3 Å². The minimum absolute atomic E-state index is 0.103. The maximum absolute atomic E-state index is 12.3. The minimum Gasteiger partial charge on any atom is -0.496 e. The van der Waals surface area contributed by atoms with Crippen molar-refractivity contribution in [3.05, 3.63) is 52.3 Å². The number of aromatic nitrogens is 1. The Bertz CT molecular complexity index is 706. The summed E-state index contributed by atoms with van der Waals surface area (Å²) >= 11 is 0. The van der Waals surface area contributed by atoms with E-state index in [0.717, 1.165) is 0 Å². The van der Waals surface area contributed by atoms with Crippen LogP contribution in [-0.4, -0.2) is 21.2 Å². The standard InChI is InChI=1S/C13H13N3O4S/c1-20-11-5-9(4-10(6-11)16(17)18)8-21(19)13-2-3-15-7-12(13)14/h2-7H,8,14H2,1H3. The number of nitrogens with two attached hydrogens (primary N) is 1. The van der Waals surface area contributed by atoms with Crippen molar-refractivity contribution in [2.75, 3.05) is 12.8 Å². The highest BCUT2D eigenvalue weighted by Gasteiger charge is 2.14. The number of hydrogen-bond acceptors (Lipinski definition) is 6. The fourth-order valence-electron chi connectivity index (χ4n) is 1.78. The van der Waals surface area contributed by atoms with E-state index in [0.29, 0.717) is 21.9 Å². The number of nitro benzene ring substituents is 1. The second-order valence-corrected chi connectivity index (χ2v) is 5.62. The van der Waals surface area contributed by atoms with Crippen LogP contribution in [-0.2, 0) is 16.6 Å². The van der Waals surface area contributed by atoms with E-state index in [1.807, 2.05) is 0 Å². The first-order valence-corrected chi connectivity index (χ1v) is 7.23. The Morgan fingerprint density at radius 3 is 2.81 bits per heavy atom. The van der Waals surface area contributed by atoms with Crippen molar-refractivity contribution < 1.29 is 13.9 Å². The van der Waals surface area contributed by atoms with Crippen molar-refractivity contribution in [3.8, 4) is 5.75 Å². The smallest absolute Gasteiger partial charge is 0.273 e. The van der Waals surface area contributed by atoms with Gasteiger partial charge in [-0.2, -0.15) is 0 Å². The number of anilines is 1. The van der Waals surface area contributed by atoms with Crippen molar-refractivity contribution in [3.63, 3.8) is 0 Å². The number of ether oxygens (including phenoxy) is 1. The molecular formula is C13H13N3O4S. The molecule has 0 saturated heterocycles. The molecular weight excluding hydrogens is 294 g/mol. The van der Waals surface area contributed by atoms with Gasteiger partial charge in [-0.25, -0.2) is 0 Å². The molecule has 0 saturated carbocycles. The zero-order valence-electron chi connectivity index (χ0n) is 11.2. The van der Waals surface area contributed by atoms with E-state index in [-0.39, 0.29) is 11.4 Å². The number of nitrogens with zero attached hydrogens (tertiary/aromatic N) is 2. The number of hydrogen-bond donors (Lipinski definition) is 1. The number of nitro groups is 1. The molecule has 0 spiro atoms. The fourth-order valence-corrected chi connectivity index (χ4v) is 2.93. The predicted octanol–water partition coefficient (Wildman–Crippen LogP) is 1.89. The molecule has 21 heavy (non-hydrogen) atoms. The third kappa shape index (κ3) is 3.54. The first-order valence-electron chi connectivity index (χ1n) is 5.91. The maximum atomic E-state index is 12.3. The zero-order valence-corrected chi connectivity index (χ0v) is 12.0. The van der Waals surface area contributed by atoms with Gasteiger partial charge in [-0.05, 0) is 17.7 Å². The van der Waals surface area contributed by atoms with Gasteiger partial charge in [0, 0.05) is 12.3 Å². The molecule has 2 N–H and O–H groups in total. The lowest BCUT2D eigenvalue weighted by Gasteiger charge is -2.07. The molecule has 1 aromatic heterocycles. The van der Waals surface area contributed by atoms with Gasteiger partial charge in [-0.15, -0.1) is 0 Å². The molecule has 8 heteroatoms. The Hall–Kier alpha value is -2.48. The molecule has 0 aliphatic heterocycles. The average molecular weight is 307 g/mol. The van der Waals surface area contributed by atoms with E-state index in [1.165, 1.54) is 31.6 Å². The Morgan fingerprint density at radius 1 is 1.43 bits per heavy atom. The quantitative estimate of drug-likeness (QED) is 0.667. The van der Waals surface area contributed by atoms with Gasteiger partial charge >= 0.3 is 0 Å². The summed E-state index contributed by atoms with van der Waals surface area (Å²) in [5, 5.41) is 10.9. The van der Waals surface area contributed by atoms with Crippen LogP contribution in [0.2, 0.25) is 0 Å². The topological polar surface area (TPSA) is 108 Å². The van der Waals surface area contributed by atoms with Gasteiger partial charge in [-0.1, -0.05) is 0 Å². The van der Waals surface area contributed by atoms with Gasteiger partial charge in [0.05, 0.1) is 51.4 Å². The van der Waals surface area contributed by atoms with Crippen LogP contribution in [0.4, 0.5) is 11.4 Å². The molecule has 0 aliphatic carbocycles. The van der Waals surface area contributed by atoms with Crippen LogP contribution in [0.25, 0.3) is 0 Å². The monoisotopic (exact) mass is 307 g/mol. The second kappa shape index (κ2) is 6.31. The lowest BCUT2D eigenvalue weighted by atomic mass is 10.2. The summed E-state index contributed by atoms with van der Waals surface area (Å²) in [6.45, 7) is 0. The van der Waals surface area contributed by atoms with Gasteiger partial charge in [0.1, 0.15) is 5.75 Å². The van der Waals surface area contributed by atoms with Crippen LogP contribution in [0.15, 0.2) is 41.6 Å². The highest BCUT2D eigenvalue weighted by atomic mass is 32.2. The third-order valence-electron chi connectivity index (χ3n) is 2.75. The van der Waals surface area contributed by atoms with Crippen LogP contribution >= 0.6 is 0 Å². The van der Waals surface area contributed by atoms with E-state index in [2.05, 4.69) is 4.98 Å². The Balaban J connectivity index is 2.31. The summed E-state index contributed by atoms with van der Waals surface area (Å²) in [6, 6.07) is 5.87. The van der Waals surface area contributed by atoms with Crippen molar-refractivity contribution >= 4 is 22.2 Å². The molecule has 1 aromatic carbocycles. The Kier molecular flexibility index (Phi) is 4.49. The predicted molar refractivity (Wildman–Crippen MR) is 78.4 cm³/mol. The van der Waals surface area contributed by atoms with Crippen LogP contribution < -0.4 is 10.5 Å². The average Bonchev–Trinajstić information content (AvgIpc) is 2.47. The van der Waals surface area contributed by atoms with Crippen LogP contribution in [0, 0.1) is 10.1 Å². The molecule has 2 aromatic rings. The molecule has 7 nitrogen and oxygen atoms in total. The molecule has 1 unspecified atom stereocenters.